The highest BCUT2D eigenvalue weighted by Crippen LogP contribution is 2.37. The van der Waals surface area contributed by atoms with Crippen LogP contribution in [-0.4, -0.2) is 121 Å². The lowest BCUT2D eigenvalue weighted by atomic mass is 9.85. The maximum atomic E-state index is 14.0. The van der Waals surface area contributed by atoms with E-state index >= 15 is 0 Å². The number of aliphatic hydroxyl groups is 1. The number of carbonyl (C=O) groups is 6. The highest BCUT2D eigenvalue weighted by atomic mass is 32.1. The number of hydrogen-bond donors (Lipinski definition) is 7. The van der Waals surface area contributed by atoms with Crippen LogP contribution in [0.2, 0.25) is 0 Å². The van der Waals surface area contributed by atoms with Crippen molar-refractivity contribution in [2.45, 2.75) is 84.5 Å². The SMILES string of the molecule is CNC(=O)c1nnc(NC(=O)CNC(=O)CCCCC(=O)N[C@H](C(=O)N2C[C@H](O)C[C@H]2C(=O)NCc2ccc(-c3scnc3C)cc2)C(C)(C)C)cc1Nc1cccc(-c2ncn(C)n2)c1OC. The molecule has 0 bridgehead atoms. The van der Waals surface area contributed by atoms with Gasteiger partial charge in [0.2, 0.25) is 29.5 Å². The zero-order valence-corrected chi connectivity index (χ0v) is 39.8. The second-order valence-electron chi connectivity index (χ2n) is 17.3. The molecule has 6 rings (SSSR count). The summed E-state index contributed by atoms with van der Waals surface area (Å²) in [6, 6.07) is 12.5. The summed E-state index contributed by atoms with van der Waals surface area (Å²) in [5.41, 5.74) is 5.07. The third-order valence-electron chi connectivity index (χ3n) is 11.0. The number of unbranched alkanes of at least 4 members (excludes halogenated alkanes) is 1. The molecule has 3 atom stereocenters. The molecule has 6 amide bonds. The van der Waals surface area contributed by atoms with Gasteiger partial charge in [-0.1, -0.05) is 51.1 Å². The van der Waals surface area contributed by atoms with Gasteiger partial charge in [0.1, 0.15) is 18.4 Å². The maximum absolute atomic E-state index is 14.0. The first-order chi connectivity index (χ1) is 32.4. The molecule has 4 heterocycles. The lowest BCUT2D eigenvalue weighted by Crippen LogP contribution is -2.57. The standard InChI is InChI=1S/C46H57N13O8S/c1-26-40(68-25-51-26)28-17-15-27(16-18-28)21-49-43(64)33-19-29(60)23-59(33)45(66)41(46(2,3)4)54-36(62)14-9-8-13-35(61)48-22-37(63)53-34-20-32(38(56-55-34)44(65)47-5)52-31-12-10-11-30(39(31)67-7)42-50-24-58(6)57-42/h10-12,15-18,20,24-25,29,33,41,60H,8-9,13-14,19,21-23H2,1-7H3,(H,47,65)(H,48,61)(H,49,64)(H,54,62)(H2,52,53,55,63)/t29-,33+,41-/m1/s1. The summed E-state index contributed by atoms with van der Waals surface area (Å²) in [6.45, 7) is 7.14. The minimum atomic E-state index is -1.000. The van der Waals surface area contributed by atoms with Crippen molar-refractivity contribution < 1.29 is 38.6 Å². The van der Waals surface area contributed by atoms with Gasteiger partial charge < -0.3 is 46.6 Å². The number of likely N-dealkylation sites (tertiary alicyclic amines) is 1. The summed E-state index contributed by atoms with van der Waals surface area (Å²) in [5, 5.41) is 39.4. The molecule has 1 fully saturated rings. The normalized spacial score (nSPS) is 15.0. The average molecular weight is 952 g/mol. The molecular weight excluding hydrogens is 895 g/mol. The molecule has 0 aliphatic carbocycles. The van der Waals surface area contributed by atoms with Gasteiger partial charge in [0.25, 0.3) is 5.91 Å². The summed E-state index contributed by atoms with van der Waals surface area (Å²) < 4.78 is 7.23. The van der Waals surface area contributed by atoms with E-state index in [0.29, 0.717) is 35.7 Å². The molecule has 21 nitrogen and oxygen atoms in total. The monoisotopic (exact) mass is 951 g/mol. The van der Waals surface area contributed by atoms with Gasteiger partial charge in [-0.05, 0) is 48.4 Å². The van der Waals surface area contributed by atoms with Gasteiger partial charge in [-0.3, -0.25) is 33.4 Å². The van der Waals surface area contributed by atoms with Gasteiger partial charge >= 0.3 is 0 Å². The number of para-hydroxylation sites is 1. The molecular formula is C46H57N13O8S. The third kappa shape index (κ3) is 12.8. The minimum Gasteiger partial charge on any atom is -0.494 e. The number of nitrogens with zero attached hydrogens (tertiary/aromatic N) is 7. The van der Waals surface area contributed by atoms with Crippen molar-refractivity contribution in [3.8, 4) is 27.6 Å². The Balaban J connectivity index is 0.960. The van der Waals surface area contributed by atoms with Crippen LogP contribution in [0.1, 0.15) is 74.6 Å². The third-order valence-corrected chi connectivity index (χ3v) is 12.0. The maximum Gasteiger partial charge on any atom is 0.273 e. The predicted molar refractivity (Wildman–Crippen MR) is 253 cm³/mol. The van der Waals surface area contributed by atoms with Gasteiger partial charge in [-0.2, -0.15) is 5.10 Å². The van der Waals surface area contributed by atoms with Crippen LogP contribution in [0.5, 0.6) is 5.75 Å². The topological polar surface area (TPSA) is 277 Å². The lowest BCUT2D eigenvalue weighted by Gasteiger charge is -2.35. The summed E-state index contributed by atoms with van der Waals surface area (Å²) in [7, 11) is 4.66. The molecule has 2 aromatic carbocycles. The van der Waals surface area contributed by atoms with Crippen molar-refractivity contribution in [2.24, 2.45) is 12.5 Å². The minimum absolute atomic E-state index is 0.000997. The largest absolute Gasteiger partial charge is 0.494 e. The van der Waals surface area contributed by atoms with Crippen LogP contribution >= 0.6 is 11.3 Å². The Morgan fingerprint density at radius 2 is 1.68 bits per heavy atom. The Bertz CT molecular complexity index is 2630. The summed E-state index contributed by atoms with van der Waals surface area (Å²) in [6.07, 6.45) is 1.36. The van der Waals surface area contributed by atoms with Crippen LogP contribution in [0.25, 0.3) is 21.8 Å². The quantitative estimate of drug-likeness (QED) is 0.0586. The van der Waals surface area contributed by atoms with Crippen LogP contribution in [0.3, 0.4) is 0 Å². The Kier molecular flexibility index (Phi) is 16.5. The number of ether oxygens (including phenoxy) is 1. The lowest BCUT2D eigenvalue weighted by molar-refractivity contribution is -0.144. The van der Waals surface area contributed by atoms with E-state index in [4.69, 9.17) is 4.74 Å². The number of methoxy groups -OCH3 is 1. The molecule has 0 saturated carbocycles. The molecule has 7 N–H and O–H groups in total. The molecule has 1 aliphatic rings. The highest BCUT2D eigenvalue weighted by molar-refractivity contribution is 7.13. The first-order valence-corrected chi connectivity index (χ1v) is 22.8. The molecule has 5 aromatic rings. The number of rotatable bonds is 19. The van der Waals surface area contributed by atoms with E-state index in [9.17, 15) is 33.9 Å². The Hall–Kier alpha value is -7.33. The van der Waals surface area contributed by atoms with Crippen LogP contribution in [0.4, 0.5) is 17.2 Å². The van der Waals surface area contributed by atoms with E-state index in [1.807, 2.05) is 31.2 Å². The van der Waals surface area contributed by atoms with E-state index in [2.05, 4.69) is 57.2 Å². The van der Waals surface area contributed by atoms with E-state index in [1.54, 1.807) is 73.9 Å². The molecule has 22 heteroatoms. The number of thiazole rings is 1. The van der Waals surface area contributed by atoms with E-state index in [0.717, 1.165) is 21.7 Å². The first-order valence-electron chi connectivity index (χ1n) is 22.0. The molecule has 0 spiro atoms. The second kappa shape index (κ2) is 22.4. The smallest absolute Gasteiger partial charge is 0.273 e. The van der Waals surface area contributed by atoms with Crippen molar-refractivity contribution in [3.05, 3.63) is 77.3 Å². The summed E-state index contributed by atoms with van der Waals surface area (Å²) >= 11 is 1.55. The summed E-state index contributed by atoms with van der Waals surface area (Å²) in [4.78, 5) is 90.0. The van der Waals surface area contributed by atoms with Crippen molar-refractivity contribution >= 4 is 64.0 Å². The fourth-order valence-electron chi connectivity index (χ4n) is 7.51. The molecule has 68 heavy (non-hydrogen) atoms. The van der Waals surface area contributed by atoms with Gasteiger partial charge in [-0.15, -0.1) is 21.5 Å². The highest BCUT2D eigenvalue weighted by Gasteiger charge is 2.44. The fourth-order valence-corrected chi connectivity index (χ4v) is 8.32. The van der Waals surface area contributed by atoms with E-state index < -0.39 is 65.6 Å². The number of hydrogen-bond acceptors (Lipinski definition) is 15. The van der Waals surface area contributed by atoms with Crippen molar-refractivity contribution in [1.82, 2.24) is 56.1 Å². The van der Waals surface area contributed by atoms with E-state index in [-0.39, 0.29) is 49.6 Å². The van der Waals surface area contributed by atoms with Gasteiger partial charge in [0, 0.05) is 52.5 Å². The van der Waals surface area contributed by atoms with Gasteiger partial charge in [-0.25, -0.2) is 9.97 Å². The predicted octanol–water partition coefficient (Wildman–Crippen LogP) is 3.24. The number of β-amino-alcohol motifs (C(OH)–C–C–N with tert-alkyl or cyclic N) is 1. The Morgan fingerprint density at radius 3 is 2.32 bits per heavy atom. The number of nitrogens with one attached hydrogen (secondary N) is 6. The molecule has 360 valence electrons. The fraction of sp³-hybridized carbons (Fsp3) is 0.413. The zero-order chi connectivity index (χ0) is 49.1. The van der Waals surface area contributed by atoms with Crippen LogP contribution < -0.4 is 36.6 Å². The molecule has 3 aromatic heterocycles. The van der Waals surface area contributed by atoms with Crippen molar-refractivity contribution in [1.29, 1.82) is 0 Å². The molecule has 1 aliphatic heterocycles. The van der Waals surface area contributed by atoms with E-state index in [1.165, 1.54) is 25.1 Å². The number of aromatic nitrogens is 6. The molecule has 0 radical (unpaired) electrons. The average Bonchev–Trinajstić information content (AvgIpc) is 4.06. The van der Waals surface area contributed by atoms with Crippen LogP contribution in [0, 0.1) is 12.3 Å². The second-order valence-corrected chi connectivity index (χ2v) is 18.2. The number of benzene rings is 2. The first kappa shape index (κ1) is 50.1. The number of aryl methyl sites for hydroxylation is 2. The van der Waals surface area contributed by atoms with Crippen LogP contribution in [-0.2, 0) is 37.6 Å². The van der Waals surface area contributed by atoms with Crippen molar-refractivity contribution in [3.63, 3.8) is 0 Å². The number of anilines is 3. The van der Waals surface area contributed by atoms with Gasteiger partial charge in [0.15, 0.2) is 23.1 Å². The van der Waals surface area contributed by atoms with Crippen LogP contribution in [0.15, 0.2) is 60.4 Å². The van der Waals surface area contributed by atoms with Gasteiger partial charge in [0.05, 0.1) is 52.8 Å². The number of amides is 6. The Labute approximate surface area is 397 Å². The Morgan fingerprint density at radius 1 is 0.941 bits per heavy atom. The molecule has 0 unspecified atom stereocenters. The number of aliphatic hydroxyl groups excluding tert-OH is 1. The molecule has 1 saturated heterocycles. The van der Waals surface area contributed by atoms with Crippen molar-refractivity contribution in [2.75, 3.05) is 37.9 Å². The number of carbonyl (C=O) groups excluding carboxylic acids is 6. The zero-order valence-electron chi connectivity index (χ0n) is 39.0. The summed E-state index contributed by atoms with van der Waals surface area (Å²) in [5.74, 6) is -2.06.